The number of hydrogen-bond acceptors (Lipinski definition) is 6. The van der Waals surface area contributed by atoms with Gasteiger partial charge in [0.1, 0.15) is 6.33 Å². The molecule has 0 unspecified atom stereocenters. The standard InChI is InChI=1S/C13H11N5O2/c1-20-13(19)12-16-7-18(17-12)10-5-4-9-8(11(10)14)3-2-6-15-9/h2-7H,14H2,1H3. The lowest BCUT2D eigenvalue weighted by Crippen LogP contribution is -2.06. The van der Waals surface area contributed by atoms with Gasteiger partial charge >= 0.3 is 5.97 Å². The zero-order chi connectivity index (χ0) is 14.1. The average molecular weight is 269 g/mol. The maximum absolute atomic E-state index is 11.4. The van der Waals surface area contributed by atoms with E-state index in [9.17, 15) is 4.79 Å². The van der Waals surface area contributed by atoms with E-state index in [0.29, 0.717) is 11.4 Å². The van der Waals surface area contributed by atoms with Crippen molar-refractivity contribution in [1.82, 2.24) is 19.7 Å². The zero-order valence-electron chi connectivity index (χ0n) is 10.6. The van der Waals surface area contributed by atoms with E-state index in [1.54, 1.807) is 12.3 Å². The van der Waals surface area contributed by atoms with Gasteiger partial charge in [-0.3, -0.25) is 4.98 Å². The van der Waals surface area contributed by atoms with Gasteiger partial charge in [0.2, 0.25) is 0 Å². The third-order valence-corrected chi connectivity index (χ3v) is 2.91. The third kappa shape index (κ3) is 1.85. The SMILES string of the molecule is COC(=O)c1ncn(-c2ccc3ncccc3c2N)n1. The Labute approximate surface area is 114 Å². The van der Waals surface area contributed by atoms with Crippen LogP contribution in [0.2, 0.25) is 0 Å². The predicted octanol–water partition coefficient (Wildman–Crippen LogP) is 1.18. The quantitative estimate of drug-likeness (QED) is 0.554. The molecule has 7 nitrogen and oxygen atoms in total. The van der Waals surface area contributed by atoms with Crippen molar-refractivity contribution in [3.05, 3.63) is 42.6 Å². The highest BCUT2D eigenvalue weighted by Gasteiger charge is 2.14. The minimum Gasteiger partial charge on any atom is -0.463 e. The first-order valence-corrected chi connectivity index (χ1v) is 5.84. The Morgan fingerprint density at radius 3 is 2.95 bits per heavy atom. The van der Waals surface area contributed by atoms with Crippen LogP contribution in [-0.2, 0) is 4.74 Å². The largest absolute Gasteiger partial charge is 0.463 e. The Hall–Kier alpha value is -2.96. The predicted molar refractivity (Wildman–Crippen MR) is 72.4 cm³/mol. The number of rotatable bonds is 2. The molecule has 0 radical (unpaired) electrons. The van der Waals surface area contributed by atoms with Crippen LogP contribution in [0.3, 0.4) is 0 Å². The number of nitrogen functional groups attached to an aromatic ring is 1. The maximum atomic E-state index is 11.4. The van der Waals surface area contributed by atoms with E-state index in [0.717, 1.165) is 10.9 Å². The first kappa shape index (κ1) is 12.1. The number of carbonyl (C=O) groups excluding carboxylic acids is 1. The highest BCUT2D eigenvalue weighted by molar-refractivity contribution is 5.94. The number of nitrogens with zero attached hydrogens (tertiary/aromatic N) is 4. The molecule has 3 aromatic rings. The Kier molecular flexibility index (Phi) is 2.79. The molecule has 2 heterocycles. The highest BCUT2D eigenvalue weighted by Crippen LogP contribution is 2.25. The first-order chi connectivity index (χ1) is 9.70. The zero-order valence-corrected chi connectivity index (χ0v) is 10.6. The maximum Gasteiger partial charge on any atom is 0.377 e. The van der Waals surface area contributed by atoms with Crippen molar-refractivity contribution in [2.75, 3.05) is 12.8 Å². The van der Waals surface area contributed by atoms with Gasteiger partial charge in [0.05, 0.1) is 24.0 Å². The van der Waals surface area contributed by atoms with Gasteiger partial charge in [0.25, 0.3) is 5.82 Å². The van der Waals surface area contributed by atoms with Crippen molar-refractivity contribution in [3.8, 4) is 5.69 Å². The fourth-order valence-electron chi connectivity index (χ4n) is 1.93. The number of pyridine rings is 1. The molecule has 3 rings (SSSR count). The van der Waals surface area contributed by atoms with Gasteiger partial charge in [0.15, 0.2) is 0 Å². The Morgan fingerprint density at radius 2 is 2.15 bits per heavy atom. The van der Waals surface area contributed by atoms with Crippen LogP contribution in [0, 0.1) is 0 Å². The summed E-state index contributed by atoms with van der Waals surface area (Å²) in [5.74, 6) is -0.608. The summed E-state index contributed by atoms with van der Waals surface area (Å²) in [6, 6.07) is 7.30. The highest BCUT2D eigenvalue weighted by atomic mass is 16.5. The van der Waals surface area contributed by atoms with Crippen LogP contribution in [0.5, 0.6) is 0 Å². The fourth-order valence-corrected chi connectivity index (χ4v) is 1.93. The molecule has 0 bridgehead atoms. The molecule has 0 fully saturated rings. The summed E-state index contributed by atoms with van der Waals surface area (Å²) < 4.78 is 6.01. The minimum atomic E-state index is -0.593. The fraction of sp³-hybridized carbons (Fsp3) is 0.0769. The Balaban J connectivity index is 2.12. The van der Waals surface area contributed by atoms with Crippen LogP contribution in [0.4, 0.5) is 5.69 Å². The van der Waals surface area contributed by atoms with Gasteiger partial charge < -0.3 is 10.5 Å². The van der Waals surface area contributed by atoms with Crippen molar-refractivity contribution in [3.63, 3.8) is 0 Å². The molecule has 0 atom stereocenters. The average Bonchev–Trinajstić information content (AvgIpc) is 2.97. The van der Waals surface area contributed by atoms with E-state index in [1.165, 1.54) is 18.1 Å². The van der Waals surface area contributed by atoms with Gasteiger partial charge in [-0.25, -0.2) is 14.5 Å². The molecule has 0 amide bonds. The minimum absolute atomic E-state index is 0.0156. The van der Waals surface area contributed by atoms with Crippen LogP contribution in [-0.4, -0.2) is 32.8 Å². The van der Waals surface area contributed by atoms with Crippen LogP contribution >= 0.6 is 0 Å². The van der Waals surface area contributed by atoms with E-state index in [-0.39, 0.29) is 5.82 Å². The molecule has 2 aromatic heterocycles. The second kappa shape index (κ2) is 4.61. The number of aromatic nitrogens is 4. The Bertz CT molecular complexity index is 796. The third-order valence-electron chi connectivity index (χ3n) is 2.91. The summed E-state index contributed by atoms with van der Waals surface area (Å²) in [6.45, 7) is 0. The summed E-state index contributed by atoms with van der Waals surface area (Å²) in [6.07, 6.45) is 3.12. The van der Waals surface area contributed by atoms with E-state index in [2.05, 4.69) is 19.8 Å². The number of carbonyl (C=O) groups is 1. The van der Waals surface area contributed by atoms with Gasteiger partial charge in [-0.15, -0.1) is 5.10 Å². The molecule has 0 saturated heterocycles. The van der Waals surface area contributed by atoms with Gasteiger partial charge in [-0.05, 0) is 24.3 Å². The molecule has 0 aliphatic rings. The van der Waals surface area contributed by atoms with Gasteiger partial charge in [-0.2, -0.15) is 0 Å². The molecule has 0 aliphatic carbocycles. The normalized spacial score (nSPS) is 10.7. The van der Waals surface area contributed by atoms with Crippen LogP contribution < -0.4 is 5.73 Å². The van der Waals surface area contributed by atoms with Crippen LogP contribution in [0.1, 0.15) is 10.6 Å². The molecule has 100 valence electrons. The number of esters is 1. The number of nitrogens with two attached hydrogens (primary N) is 1. The summed E-state index contributed by atoms with van der Waals surface area (Å²) in [5, 5.41) is 4.87. The summed E-state index contributed by atoms with van der Waals surface area (Å²) in [5.41, 5.74) is 8.08. The Morgan fingerprint density at radius 1 is 1.30 bits per heavy atom. The molecule has 0 saturated carbocycles. The van der Waals surface area contributed by atoms with E-state index in [1.807, 2.05) is 18.2 Å². The molecule has 1 aromatic carbocycles. The molecule has 0 aliphatic heterocycles. The lowest BCUT2D eigenvalue weighted by atomic mass is 10.1. The number of benzene rings is 1. The summed E-state index contributed by atoms with van der Waals surface area (Å²) in [7, 11) is 1.28. The van der Waals surface area contributed by atoms with Crippen molar-refractivity contribution >= 4 is 22.6 Å². The van der Waals surface area contributed by atoms with Crippen molar-refractivity contribution in [1.29, 1.82) is 0 Å². The van der Waals surface area contributed by atoms with Crippen LogP contribution in [0.25, 0.3) is 16.6 Å². The van der Waals surface area contributed by atoms with E-state index in [4.69, 9.17) is 5.73 Å². The number of methoxy groups -OCH3 is 1. The number of hydrogen-bond donors (Lipinski definition) is 1. The molecular formula is C13H11N5O2. The summed E-state index contributed by atoms with van der Waals surface area (Å²) in [4.78, 5) is 19.5. The van der Waals surface area contributed by atoms with E-state index >= 15 is 0 Å². The number of fused-ring (bicyclic) bond motifs is 1. The van der Waals surface area contributed by atoms with Crippen molar-refractivity contribution in [2.45, 2.75) is 0 Å². The second-order valence-electron chi connectivity index (χ2n) is 4.07. The summed E-state index contributed by atoms with van der Waals surface area (Å²) >= 11 is 0. The monoisotopic (exact) mass is 269 g/mol. The second-order valence-corrected chi connectivity index (χ2v) is 4.07. The molecule has 0 spiro atoms. The van der Waals surface area contributed by atoms with E-state index < -0.39 is 5.97 Å². The number of ether oxygens (including phenoxy) is 1. The van der Waals surface area contributed by atoms with Crippen LogP contribution in [0.15, 0.2) is 36.8 Å². The number of anilines is 1. The molecule has 2 N–H and O–H groups in total. The van der Waals surface area contributed by atoms with Crippen molar-refractivity contribution < 1.29 is 9.53 Å². The molecule has 20 heavy (non-hydrogen) atoms. The molecule has 7 heteroatoms. The smallest absolute Gasteiger partial charge is 0.377 e. The lowest BCUT2D eigenvalue weighted by molar-refractivity contribution is 0.0587. The van der Waals surface area contributed by atoms with Gasteiger partial charge in [-0.1, -0.05) is 0 Å². The molecular weight excluding hydrogens is 258 g/mol. The van der Waals surface area contributed by atoms with Crippen molar-refractivity contribution in [2.24, 2.45) is 0 Å². The first-order valence-electron chi connectivity index (χ1n) is 5.84. The lowest BCUT2D eigenvalue weighted by Gasteiger charge is -2.07. The topological polar surface area (TPSA) is 95.9 Å². The van der Waals surface area contributed by atoms with Gasteiger partial charge in [0, 0.05) is 11.6 Å².